The van der Waals surface area contributed by atoms with Crippen molar-refractivity contribution in [1.82, 2.24) is 10.2 Å². The highest BCUT2D eigenvalue weighted by Crippen LogP contribution is 2.24. The Balaban J connectivity index is 1.87. The van der Waals surface area contributed by atoms with Gasteiger partial charge in [0, 0.05) is 19.5 Å². The molecule has 2 amide bonds. The summed E-state index contributed by atoms with van der Waals surface area (Å²) in [5.41, 5.74) is 4.34. The predicted octanol–water partition coefficient (Wildman–Crippen LogP) is 6.08. The number of carbonyl (C=O) groups excluding carboxylic acids is 2. The van der Waals surface area contributed by atoms with Crippen molar-refractivity contribution in [2.45, 2.75) is 66.0 Å². The molecule has 0 spiro atoms. The smallest absolute Gasteiger partial charge is 0.261 e. The fraction of sp³-hybridized carbons (Fsp3) is 0.394. The highest BCUT2D eigenvalue weighted by Gasteiger charge is 2.30. The van der Waals surface area contributed by atoms with E-state index in [0.29, 0.717) is 31.2 Å². The minimum Gasteiger partial charge on any atom is -0.484 e. The van der Waals surface area contributed by atoms with Crippen LogP contribution in [0.1, 0.15) is 56.9 Å². The molecule has 0 aromatic heterocycles. The van der Waals surface area contributed by atoms with Gasteiger partial charge in [0.05, 0.1) is 0 Å². The van der Waals surface area contributed by atoms with Gasteiger partial charge in [0.2, 0.25) is 5.91 Å². The van der Waals surface area contributed by atoms with Crippen molar-refractivity contribution in [3.05, 3.63) is 101 Å². The summed E-state index contributed by atoms with van der Waals surface area (Å²) in [7, 11) is 0. The average molecular weight is 515 g/mol. The van der Waals surface area contributed by atoms with E-state index in [9.17, 15) is 9.59 Å². The third-order valence-corrected chi connectivity index (χ3v) is 6.51. The zero-order chi connectivity index (χ0) is 27.7. The summed E-state index contributed by atoms with van der Waals surface area (Å²) in [6.45, 7) is 13.3. The van der Waals surface area contributed by atoms with Crippen molar-refractivity contribution in [2.75, 3.05) is 13.2 Å². The predicted molar refractivity (Wildman–Crippen MR) is 154 cm³/mol. The van der Waals surface area contributed by atoms with E-state index < -0.39 is 6.04 Å². The minimum absolute atomic E-state index is 0.0349. The van der Waals surface area contributed by atoms with Crippen LogP contribution in [0.15, 0.2) is 78.9 Å². The Morgan fingerprint density at radius 3 is 2.08 bits per heavy atom. The Bertz CT molecular complexity index is 1160. The molecular weight excluding hydrogens is 472 g/mol. The molecule has 5 nitrogen and oxygen atoms in total. The first-order valence-electron chi connectivity index (χ1n) is 13.4. The van der Waals surface area contributed by atoms with Crippen molar-refractivity contribution < 1.29 is 14.3 Å². The number of hydrogen-bond acceptors (Lipinski definition) is 3. The van der Waals surface area contributed by atoms with E-state index in [1.807, 2.05) is 85.8 Å². The SMILES string of the molecule is Cc1ccc(CN(C(=O)COc2ccc(C(C)(C)C)cc2)C(Cc2ccccc2)C(=O)NCC(C)C)cc1. The maximum atomic E-state index is 13.7. The van der Waals surface area contributed by atoms with Gasteiger partial charge in [-0.15, -0.1) is 0 Å². The maximum absolute atomic E-state index is 13.7. The topological polar surface area (TPSA) is 58.6 Å². The largest absolute Gasteiger partial charge is 0.484 e. The first kappa shape index (κ1) is 29.0. The Morgan fingerprint density at radius 1 is 0.868 bits per heavy atom. The second-order valence-electron chi connectivity index (χ2n) is 11.4. The number of aryl methyl sites for hydroxylation is 1. The van der Waals surface area contributed by atoms with Crippen LogP contribution in [0, 0.1) is 12.8 Å². The van der Waals surface area contributed by atoms with Crippen LogP contribution in [-0.4, -0.2) is 35.9 Å². The van der Waals surface area contributed by atoms with Gasteiger partial charge >= 0.3 is 0 Å². The van der Waals surface area contributed by atoms with E-state index in [1.54, 1.807) is 4.90 Å². The fourth-order valence-electron chi connectivity index (χ4n) is 4.15. The summed E-state index contributed by atoms with van der Waals surface area (Å²) in [5.74, 6) is 0.547. The zero-order valence-corrected chi connectivity index (χ0v) is 23.7. The Kier molecular flexibility index (Phi) is 10.1. The van der Waals surface area contributed by atoms with Crippen LogP contribution in [0.2, 0.25) is 0 Å². The molecule has 5 heteroatoms. The Morgan fingerprint density at radius 2 is 1.50 bits per heavy atom. The number of hydrogen-bond donors (Lipinski definition) is 1. The molecule has 1 unspecified atom stereocenters. The average Bonchev–Trinajstić information content (AvgIpc) is 2.89. The number of benzene rings is 3. The van der Waals surface area contributed by atoms with Crippen LogP contribution < -0.4 is 10.1 Å². The van der Waals surface area contributed by atoms with E-state index in [1.165, 1.54) is 5.56 Å². The van der Waals surface area contributed by atoms with E-state index in [0.717, 1.165) is 16.7 Å². The Hall–Kier alpha value is -3.60. The molecule has 3 rings (SSSR count). The molecule has 1 N–H and O–H groups in total. The molecular formula is C33H42N2O3. The van der Waals surface area contributed by atoms with Gasteiger partial charge in [-0.1, -0.05) is 107 Å². The Labute approximate surface area is 228 Å². The van der Waals surface area contributed by atoms with Gasteiger partial charge in [-0.25, -0.2) is 0 Å². The van der Waals surface area contributed by atoms with Gasteiger partial charge in [-0.05, 0) is 47.1 Å². The summed E-state index contributed by atoms with van der Waals surface area (Å²) < 4.78 is 5.93. The standard InChI is InChI=1S/C33H42N2O3/c1-24(2)21-34-32(37)30(20-26-10-8-7-9-11-26)35(22-27-14-12-25(3)13-15-27)31(36)23-38-29-18-16-28(17-19-29)33(4,5)6/h7-19,24,30H,20-23H2,1-6H3,(H,34,37). The molecule has 0 bridgehead atoms. The van der Waals surface area contributed by atoms with E-state index in [-0.39, 0.29) is 23.8 Å². The first-order valence-corrected chi connectivity index (χ1v) is 13.4. The number of carbonyl (C=O) groups is 2. The lowest BCUT2D eigenvalue weighted by Gasteiger charge is -2.31. The van der Waals surface area contributed by atoms with E-state index in [2.05, 4.69) is 39.9 Å². The number of ether oxygens (including phenoxy) is 1. The van der Waals surface area contributed by atoms with Crippen molar-refractivity contribution in [1.29, 1.82) is 0 Å². The van der Waals surface area contributed by atoms with Gasteiger partial charge in [0.1, 0.15) is 11.8 Å². The van der Waals surface area contributed by atoms with Crippen molar-refractivity contribution >= 4 is 11.8 Å². The number of rotatable bonds is 11. The molecule has 0 saturated heterocycles. The lowest BCUT2D eigenvalue weighted by molar-refractivity contribution is -0.142. The van der Waals surface area contributed by atoms with Crippen molar-refractivity contribution in [3.63, 3.8) is 0 Å². The quantitative estimate of drug-likeness (QED) is 0.337. The van der Waals surface area contributed by atoms with E-state index in [4.69, 9.17) is 4.74 Å². The molecule has 0 aliphatic carbocycles. The number of nitrogens with one attached hydrogen (secondary N) is 1. The first-order chi connectivity index (χ1) is 18.0. The molecule has 3 aromatic rings. The molecule has 1 atom stereocenters. The summed E-state index contributed by atoms with van der Waals surface area (Å²) in [5, 5.41) is 3.05. The second-order valence-corrected chi connectivity index (χ2v) is 11.4. The zero-order valence-electron chi connectivity index (χ0n) is 23.7. The lowest BCUT2D eigenvalue weighted by atomic mass is 9.87. The summed E-state index contributed by atoms with van der Waals surface area (Å²) in [6, 6.07) is 25.1. The number of amides is 2. The normalized spacial score (nSPS) is 12.2. The van der Waals surface area contributed by atoms with Gasteiger partial charge in [0.25, 0.3) is 5.91 Å². The molecule has 202 valence electrons. The summed E-state index contributed by atoms with van der Waals surface area (Å²) in [4.78, 5) is 28.9. The van der Waals surface area contributed by atoms with Gasteiger partial charge in [-0.3, -0.25) is 9.59 Å². The molecule has 3 aromatic carbocycles. The highest BCUT2D eigenvalue weighted by molar-refractivity contribution is 5.88. The highest BCUT2D eigenvalue weighted by atomic mass is 16.5. The summed E-state index contributed by atoms with van der Waals surface area (Å²) in [6.07, 6.45) is 0.419. The third-order valence-electron chi connectivity index (χ3n) is 6.51. The van der Waals surface area contributed by atoms with Crippen LogP contribution in [0.4, 0.5) is 0 Å². The van der Waals surface area contributed by atoms with Crippen LogP contribution in [0.25, 0.3) is 0 Å². The molecule has 0 aliphatic heterocycles. The second kappa shape index (κ2) is 13.3. The third kappa shape index (κ3) is 8.76. The van der Waals surface area contributed by atoms with Crippen molar-refractivity contribution in [2.24, 2.45) is 5.92 Å². The minimum atomic E-state index is -0.670. The molecule has 0 saturated carbocycles. The molecule has 0 aliphatic rings. The molecule has 0 radical (unpaired) electrons. The van der Waals surface area contributed by atoms with Gasteiger partial charge in [0.15, 0.2) is 6.61 Å². The molecule has 0 fully saturated rings. The number of nitrogens with zero attached hydrogens (tertiary/aromatic N) is 1. The molecule has 38 heavy (non-hydrogen) atoms. The van der Waals surface area contributed by atoms with Crippen LogP contribution in [0.3, 0.4) is 0 Å². The maximum Gasteiger partial charge on any atom is 0.261 e. The van der Waals surface area contributed by atoms with Crippen molar-refractivity contribution in [3.8, 4) is 5.75 Å². The van der Waals surface area contributed by atoms with Crippen LogP contribution >= 0.6 is 0 Å². The lowest BCUT2D eigenvalue weighted by Crippen LogP contribution is -2.52. The fourth-order valence-corrected chi connectivity index (χ4v) is 4.15. The van der Waals surface area contributed by atoms with Crippen LogP contribution in [0.5, 0.6) is 5.75 Å². The van der Waals surface area contributed by atoms with Gasteiger partial charge in [-0.2, -0.15) is 0 Å². The van der Waals surface area contributed by atoms with Crippen LogP contribution in [-0.2, 0) is 28.0 Å². The molecule has 0 heterocycles. The van der Waals surface area contributed by atoms with E-state index >= 15 is 0 Å². The monoisotopic (exact) mass is 514 g/mol. The van der Waals surface area contributed by atoms with Gasteiger partial charge < -0.3 is 15.0 Å². The summed E-state index contributed by atoms with van der Waals surface area (Å²) >= 11 is 0.